The van der Waals surface area contributed by atoms with Gasteiger partial charge < -0.3 is 123 Å². The van der Waals surface area contributed by atoms with Crippen molar-refractivity contribution in [1.82, 2.24) is 37.2 Å². The molecule has 578 valence electrons. The Labute approximate surface area is 616 Å². The maximum Gasteiger partial charge on any atom is 0.471 e. The number of benzene rings is 5. The number of carbonyl (C=O) groups excluding carboxylic acids is 8. The Morgan fingerprint density at radius 2 is 1.30 bits per heavy atom. The van der Waals surface area contributed by atoms with Crippen molar-refractivity contribution >= 4 is 76.4 Å². The molecule has 8 amide bonds. The van der Waals surface area contributed by atoms with Crippen molar-refractivity contribution in [3.05, 3.63) is 117 Å². The van der Waals surface area contributed by atoms with Gasteiger partial charge in [0.25, 0.3) is 0 Å². The normalized spacial score (nSPS) is 28.4. The number of aliphatic hydroxyl groups is 5. The highest BCUT2D eigenvalue weighted by molar-refractivity contribution is 6.32. The molecule has 33 nitrogen and oxygen atoms in total. The summed E-state index contributed by atoms with van der Waals surface area (Å²) >= 11 is 14.1. The zero-order valence-corrected chi connectivity index (χ0v) is 57.9. The number of hydrogen-bond acceptors (Lipinski definition) is 24. The van der Waals surface area contributed by atoms with Gasteiger partial charge in [-0.15, -0.1) is 0 Å². The Balaban J connectivity index is 0.0000132. The van der Waals surface area contributed by atoms with E-state index in [2.05, 4.69) is 31.9 Å². The first kappa shape index (κ1) is 81.2. The van der Waals surface area contributed by atoms with Crippen LogP contribution in [0.5, 0.6) is 46.0 Å². The Morgan fingerprint density at radius 1 is 0.710 bits per heavy atom. The SMILES string of the molecule is C.CC(C)C[C@H](C)C(=O)N[C@H]1C(=O)N[C@@H](CC(N)=O)C(=O)N[C@H]2C(=O)NC3C(=O)N[C@H](C(=O)N[C@@H](C(=O)O)c4cc(O)cc(O)c4-c4cc3ccc4O)[C@H](O)c3ccc(c(Cl)c3)Oc3cc2cc(c3OC2OC(CNC(=O)C(F)(F)F)C(O)C(O)C2OC2CC(C)(N)C(O)C(C)O2)Oc2ccc(cc2Cl)[C@H]1O. The van der Waals surface area contributed by atoms with Crippen LogP contribution in [-0.4, -0.2) is 185 Å². The van der Waals surface area contributed by atoms with Crippen molar-refractivity contribution in [2.75, 3.05) is 6.54 Å². The summed E-state index contributed by atoms with van der Waals surface area (Å²) in [5.41, 5.74) is 7.41. The van der Waals surface area contributed by atoms with Gasteiger partial charge in [-0.3, -0.25) is 38.4 Å². The standard InChI is InChI=1S/C68H74Cl2F3N9O24.CH4/c1-23(2)12-24(3)58(92)81-49-51(87)27-7-10-38(33(69)14-27)102-40-16-29-17-41(55(40)106-65-56(105-44-21-67(5,75)57(91)25(4)101-44)54(90)53(89)42(104-65)22-76-66(100)68(71,72)73)103-39-11-8-28(15-34(39)70)52(88)50-63(97)80-48(64(98)99)32-18-30(83)19-37(85)45(32)31-13-26(6-9-36(31)84)46(60(94)82-50)79-61(95)47(29)78-59(93)35(20-43(74)86)77-62(49)96;/h6-11,13-19,23-25,35,42,44,46-54,56-57,65,83-85,87-91H,12,20-22,75H2,1-5H3,(H2,74,86)(H,76,100)(H,77,96)(H,78,93)(H,79,95)(H,80,97)(H,81,92)(H,82,94)(H,98,99);1H4/t24-,25?,35-,42?,44?,46?,47+,48+,49+,50-,51+,52+,53?,54?,56?,57?,65?,67?;/m0./s1. The van der Waals surface area contributed by atoms with Crippen molar-refractivity contribution in [1.29, 1.82) is 0 Å². The second-order valence-corrected chi connectivity index (χ2v) is 27.6. The minimum atomic E-state index is -5.51. The van der Waals surface area contributed by atoms with Crippen LogP contribution in [0.1, 0.15) is 119 Å². The minimum Gasteiger partial charge on any atom is -0.508 e. The molecule has 20 N–H and O–H groups in total. The van der Waals surface area contributed by atoms with Gasteiger partial charge in [-0.25, -0.2) is 4.79 Å². The number of ether oxygens (including phenoxy) is 6. The van der Waals surface area contributed by atoms with E-state index >= 15 is 14.4 Å². The third kappa shape index (κ3) is 17.7. The molecule has 0 spiro atoms. The largest absolute Gasteiger partial charge is 0.508 e. The molecule has 7 heterocycles. The first-order valence-corrected chi connectivity index (χ1v) is 33.5. The number of aliphatic carboxylic acids is 1. The predicted molar refractivity (Wildman–Crippen MR) is 364 cm³/mol. The lowest BCUT2D eigenvalue weighted by atomic mass is 9.86. The lowest BCUT2D eigenvalue weighted by Gasteiger charge is -2.47. The molecular weight excluding hydrogens is 1470 g/mol. The fourth-order valence-corrected chi connectivity index (χ4v) is 13.3. The first-order chi connectivity index (χ1) is 49.7. The van der Waals surface area contributed by atoms with E-state index in [1.54, 1.807) is 19.2 Å². The Kier molecular flexibility index (Phi) is 24.5. The third-order valence-electron chi connectivity index (χ3n) is 18.2. The Bertz CT molecular complexity index is 4310. The molecule has 10 unspecified atom stereocenters. The van der Waals surface area contributed by atoms with Gasteiger partial charge in [0.05, 0.1) is 28.7 Å². The fourth-order valence-electron chi connectivity index (χ4n) is 12.8. The van der Waals surface area contributed by atoms with Crippen LogP contribution in [0.3, 0.4) is 0 Å². The molecule has 2 fully saturated rings. The predicted octanol–water partition coefficient (Wildman–Crippen LogP) is 2.48. The summed E-state index contributed by atoms with van der Waals surface area (Å²) in [5.74, 6) is -20.5. The molecule has 0 radical (unpaired) electrons. The van der Waals surface area contributed by atoms with Crippen LogP contribution >= 0.6 is 23.2 Å². The zero-order valence-electron chi connectivity index (χ0n) is 56.4. The zero-order chi connectivity index (χ0) is 77.6. The van der Waals surface area contributed by atoms with Crippen LogP contribution in [0.25, 0.3) is 11.1 Å². The number of carboxylic acids is 1. The van der Waals surface area contributed by atoms with Crippen LogP contribution in [0, 0.1) is 11.8 Å². The van der Waals surface area contributed by atoms with Crippen LogP contribution in [0.2, 0.25) is 10.0 Å². The molecule has 5 aromatic carbocycles. The average molecular weight is 1550 g/mol. The van der Waals surface area contributed by atoms with E-state index in [4.69, 9.17) is 63.1 Å². The van der Waals surface area contributed by atoms with Crippen molar-refractivity contribution in [3.63, 3.8) is 0 Å². The van der Waals surface area contributed by atoms with E-state index in [9.17, 15) is 87.9 Å². The number of rotatable bonds is 13. The number of primary amides is 1. The number of halogens is 5. The quantitative estimate of drug-likeness (QED) is 0.0805. The van der Waals surface area contributed by atoms with Crippen molar-refractivity contribution < 1.29 is 131 Å². The van der Waals surface area contributed by atoms with Crippen LogP contribution in [-0.2, 0) is 57.4 Å². The number of alkyl halides is 3. The maximum absolute atomic E-state index is 16.1. The van der Waals surface area contributed by atoms with Gasteiger partial charge >= 0.3 is 18.1 Å². The van der Waals surface area contributed by atoms with E-state index in [1.807, 2.05) is 0 Å². The van der Waals surface area contributed by atoms with E-state index in [0.29, 0.717) is 0 Å². The second kappa shape index (κ2) is 32.3. The summed E-state index contributed by atoms with van der Waals surface area (Å²) < 4.78 is 79.3. The van der Waals surface area contributed by atoms with Crippen molar-refractivity contribution in [3.8, 4) is 57.1 Å². The number of nitrogens with two attached hydrogens (primary N) is 2. The number of phenolic OH excluding ortho intramolecular Hbond substituents is 3. The number of hydrogen-bond donors (Lipinski definition) is 18. The van der Waals surface area contributed by atoms with Crippen LogP contribution < -0.4 is 62.9 Å². The molecule has 38 heteroatoms. The average Bonchev–Trinajstić information content (AvgIpc) is 0.877. The number of aliphatic hydroxyl groups excluding tert-OH is 5. The van der Waals surface area contributed by atoms with Crippen LogP contribution in [0.15, 0.2) is 78.9 Å². The molecule has 107 heavy (non-hydrogen) atoms. The molecule has 5 aromatic rings. The topological polar surface area (TPSA) is 527 Å². The summed E-state index contributed by atoms with van der Waals surface area (Å²) in [6.07, 6.45) is -26.3. The molecule has 12 rings (SSSR count). The highest BCUT2D eigenvalue weighted by Crippen LogP contribution is 2.50. The van der Waals surface area contributed by atoms with Gasteiger partial charge in [-0.2, -0.15) is 13.2 Å². The van der Waals surface area contributed by atoms with E-state index in [0.717, 1.165) is 78.9 Å². The molecular formula is C69H78Cl2F3N9O24. The monoisotopic (exact) mass is 1540 g/mol. The van der Waals surface area contributed by atoms with E-state index in [-0.39, 0.29) is 37.3 Å². The van der Waals surface area contributed by atoms with E-state index in [1.165, 1.54) is 20.8 Å². The van der Waals surface area contributed by atoms with E-state index < -0.39 is 265 Å². The van der Waals surface area contributed by atoms with Crippen molar-refractivity contribution in [2.45, 2.75) is 171 Å². The molecule has 7 aliphatic rings. The number of amides is 8. The maximum atomic E-state index is 16.1. The molecule has 0 saturated carbocycles. The highest BCUT2D eigenvalue weighted by atomic mass is 35.5. The lowest BCUT2D eigenvalue weighted by molar-refractivity contribution is -0.330. The van der Waals surface area contributed by atoms with Gasteiger partial charge in [-0.1, -0.05) is 69.6 Å². The third-order valence-corrected chi connectivity index (χ3v) is 18.8. The van der Waals surface area contributed by atoms with Crippen molar-refractivity contribution in [2.24, 2.45) is 23.3 Å². The molecule has 18 atom stereocenters. The van der Waals surface area contributed by atoms with Gasteiger partial charge in [0.1, 0.15) is 89.5 Å². The number of phenols is 3. The Hall–Kier alpha value is -9.86. The van der Waals surface area contributed by atoms with Gasteiger partial charge in [0.2, 0.25) is 53.4 Å². The summed E-state index contributed by atoms with van der Waals surface area (Å²) in [7, 11) is 0. The molecule has 11 bridgehead atoms. The second-order valence-electron chi connectivity index (χ2n) is 26.8. The highest BCUT2D eigenvalue weighted by Gasteiger charge is 2.52. The Morgan fingerprint density at radius 3 is 1.88 bits per heavy atom. The number of carbonyl (C=O) groups is 9. The lowest BCUT2D eigenvalue weighted by Crippen LogP contribution is -2.65. The smallest absolute Gasteiger partial charge is 0.471 e. The van der Waals surface area contributed by atoms with Gasteiger partial charge in [-0.05, 0) is 103 Å². The molecule has 7 aliphatic heterocycles. The number of carboxylic acid groups (broad SMARTS) is 1. The minimum absolute atomic E-state index is 0. The summed E-state index contributed by atoms with van der Waals surface area (Å²) in [4.78, 5) is 129. The van der Waals surface area contributed by atoms with Gasteiger partial charge in [0.15, 0.2) is 29.9 Å². The summed E-state index contributed by atoms with van der Waals surface area (Å²) in [6.45, 7) is 6.74. The first-order valence-electron chi connectivity index (χ1n) is 32.7. The molecule has 0 aromatic heterocycles. The summed E-state index contributed by atoms with van der Waals surface area (Å²) in [6, 6.07) is -0.929. The number of aromatic hydroxyl groups is 3. The molecule has 0 aliphatic carbocycles. The fraction of sp³-hybridized carbons (Fsp3) is 0.435. The molecule has 2 saturated heterocycles. The van der Waals surface area contributed by atoms with Crippen LogP contribution in [0.4, 0.5) is 13.2 Å². The van der Waals surface area contributed by atoms with Gasteiger partial charge in [0, 0.05) is 47.2 Å². The number of nitrogens with one attached hydrogen (secondary N) is 7. The number of fused-ring (bicyclic) bond motifs is 15. The summed E-state index contributed by atoms with van der Waals surface area (Å²) in [5, 5.41) is 119.